The van der Waals surface area contributed by atoms with Crippen LogP contribution < -0.4 is 10.6 Å². The maximum atomic E-state index is 12.4. The molecule has 0 aliphatic heterocycles. The standard InChI is InChI=1S/C17H20N4O4/c1-3-25-16(23)12-6-4-5-7-13(12)20-15(22)14-8-9-18-17(21-14)19-10-11-24-2/h4-9H,3,10-11H2,1-2H3,(H,20,22)(H,18,19,21). The highest BCUT2D eigenvalue weighted by Crippen LogP contribution is 2.17. The number of carbonyl (C=O) groups excluding carboxylic acids is 2. The van der Waals surface area contributed by atoms with Gasteiger partial charge in [0.25, 0.3) is 5.91 Å². The predicted molar refractivity (Wildman–Crippen MR) is 92.7 cm³/mol. The number of hydrogen-bond acceptors (Lipinski definition) is 7. The Labute approximate surface area is 145 Å². The fraction of sp³-hybridized carbons (Fsp3) is 0.294. The van der Waals surface area contributed by atoms with Crippen molar-refractivity contribution in [2.24, 2.45) is 0 Å². The summed E-state index contributed by atoms with van der Waals surface area (Å²) in [6, 6.07) is 8.12. The van der Waals surface area contributed by atoms with Gasteiger partial charge in [0.2, 0.25) is 5.95 Å². The average Bonchev–Trinajstić information content (AvgIpc) is 2.63. The number of aromatic nitrogens is 2. The zero-order chi connectivity index (χ0) is 18.1. The number of nitrogens with one attached hydrogen (secondary N) is 2. The minimum Gasteiger partial charge on any atom is -0.462 e. The SMILES string of the molecule is CCOC(=O)c1ccccc1NC(=O)c1ccnc(NCCOC)n1. The molecule has 0 unspecified atom stereocenters. The molecule has 8 nitrogen and oxygen atoms in total. The third-order valence-corrected chi connectivity index (χ3v) is 3.15. The Hall–Kier alpha value is -3.00. The van der Waals surface area contributed by atoms with Crippen molar-refractivity contribution in [2.75, 3.05) is 37.5 Å². The summed E-state index contributed by atoms with van der Waals surface area (Å²) >= 11 is 0. The molecular weight excluding hydrogens is 324 g/mol. The van der Waals surface area contributed by atoms with E-state index in [2.05, 4.69) is 20.6 Å². The molecule has 132 valence electrons. The number of nitrogens with zero attached hydrogens (tertiary/aromatic N) is 2. The molecule has 0 aliphatic carbocycles. The van der Waals surface area contributed by atoms with Gasteiger partial charge < -0.3 is 20.1 Å². The molecule has 0 fully saturated rings. The maximum absolute atomic E-state index is 12.4. The second kappa shape index (κ2) is 9.33. The number of amides is 1. The summed E-state index contributed by atoms with van der Waals surface area (Å²) in [5, 5.41) is 5.63. The van der Waals surface area contributed by atoms with Gasteiger partial charge in [-0.2, -0.15) is 0 Å². The van der Waals surface area contributed by atoms with Crippen molar-refractivity contribution in [2.45, 2.75) is 6.92 Å². The van der Waals surface area contributed by atoms with Gasteiger partial charge in [0.05, 0.1) is 24.5 Å². The zero-order valence-corrected chi connectivity index (χ0v) is 14.1. The number of methoxy groups -OCH3 is 1. The molecule has 25 heavy (non-hydrogen) atoms. The average molecular weight is 344 g/mol. The molecule has 0 saturated heterocycles. The molecule has 0 aliphatic rings. The van der Waals surface area contributed by atoms with Gasteiger partial charge in [-0.25, -0.2) is 14.8 Å². The molecule has 2 aromatic rings. The van der Waals surface area contributed by atoms with E-state index < -0.39 is 11.9 Å². The van der Waals surface area contributed by atoms with Gasteiger partial charge in [0.15, 0.2) is 0 Å². The lowest BCUT2D eigenvalue weighted by Gasteiger charge is -2.10. The van der Waals surface area contributed by atoms with Crippen LogP contribution in [0.3, 0.4) is 0 Å². The molecule has 2 N–H and O–H groups in total. The van der Waals surface area contributed by atoms with E-state index in [1.54, 1.807) is 38.3 Å². The Kier molecular flexibility index (Phi) is 6.85. The Morgan fingerprint density at radius 1 is 1.20 bits per heavy atom. The minimum absolute atomic E-state index is 0.175. The Morgan fingerprint density at radius 3 is 2.76 bits per heavy atom. The first-order chi connectivity index (χ1) is 12.2. The molecule has 1 amide bonds. The van der Waals surface area contributed by atoms with Crippen molar-refractivity contribution in [3.8, 4) is 0 Å². The maximum Gasteiger partial charge on any atom is 0.340 e. The predicted octanol–water partition coefficient (Wildman–Crippen LogP) is 1.96. The van der Waals surface area contributed by atoms with Gasteiger partial charge in [-0.05, 0) is 25.1 Å². The van der Waals surface area contributed by atoms with Crippen LogP contribution in [0.1, 0.15) is 27.8 Å². The Morgan fingerprint density at radius 2 is 2.00 bits per heavy atom. The first-order valence-corrected chi connectivity index (χ1v) is 7.79. The van der Waals surface area contributed by atoms with Crippen LogP contribution in [0.5, 0.6) is 0 Å². The number of rotatable bonds is 8. The number of benzene rings is 1. The summed E-state index contributed by atoms with van der Waals surface area (Å²) in [6.07, 6.45) is 1.48. The van der Waals surface area contributed by atoms with Crippen LogP contribution in [0, 0.1) is 0 Å². The van der Waals surface area contributed by atoms with Gasteiger partial charge in [0.1, 0.15) is 5.69 Å². The van der Waals surface area contributed by atoms with E-state index in [1.165, 1.54) is 12.3 Å². The molecule has 8 heteroatoms. The fourth-order valence-electron chi connectivity index (χ4n) is 2.00. The van der Waals surface area contributed by atoms with Crippen molar-refractivity contribution in [3.63, 3.8) is 0 Å². The molecule has 1 aromatic heterocycles. The van der Waals surface area contributed by atoms with E-state index in [4.69, 9.17) is 9.47 Å². The summed E-state index contributed by atoms with van der Waals surface area (Å²) in [6.45, 7) is 2.99. The second-order valence-corrected chi connectivity index (χ2v) is 4.91. The first-order valence-electron chi connectivity index (χ1n) is 7.79. The van der Waals surface area contributed by atoms with E-state index in [0.29, 0.717) is 24.8 Å². The van der Waals surface area contributed by atoms with E-state index in [0.717, 1.165) is 0 Å². The van der Waals surface area contributed by atoms with Crippen molar-refractivity contribution in [1.82, 2.24) is 9.97 Å². The monoisotopic (exact) mass is 344 g/mol. The van der Waals surface area contributed by atoms with Crippen LogP contribution in [0.15, 0.2) is 36.5 Å². The fourth-order valence-corrected chi connectivity index (χ4v) is 2.00. The van der Waals surface area contributed by atoms with Crippen LogP contribution in [-0.4, -0.2) is 48.7 Å². The molecule has 0 saturated carbocycles. The normalized spacial score (nSPS) is 10.2. The van der Waals surface area contributed by atoms with Crippen molar-refractivity contribution in [1.29, 1.82) is 0 Å². The van der Waals surface area contributed by atoms with E-state index in [9.17, 15) is 9.59 Å². The Balaban J connectivity index is 2.12. The smallest absolute Gasteiger partial charge is 0.340 e. The highest BCUT2D eigenvalue weighted by Gasteiger charge is 2.15. The molecular formula is C17H20N4O4. The lowest BCUT2D eigenvalue weighted by atomic mass is 10.1. The number of ether oxygens (including phenoxy) is 2. The van der Waals surface area contributed by atoms with Gasteiger partial charge in [0, 0.05) is 19.9 Å². The van der Waals surface area contributed by atoms with Gasteiger partial charge in [-0.3, -0.25) is 4.79 Å². The van der Waals surface area contributed by atoms with Crippen LogP contribution in [0.25, 0.3) is 0 Å². The van der Waals surface area contributed by atoms with E-state index >= 15 is 0 Å². The lowest BCUT2D eigenvalue weighted by Crippen LogP contribution is -2.18. The number of carbonyl (C=O) groups is 2. The van der Waals surface area contributed by atoms with Gasteiger partial charge >= 0.3 is 5.97 Å². The van der Waals surface area contributed by atoms with Crippen molar-refractivity contribution >= 4 is 23.5 Å². The number of anilines is 2. The molecule has 1 heterocycles. The van der Waals surface area contributed by atoms with Crippen molar-refractivity contribution < 1.29 is 19.1 Å². The largest absolute Gasteiger partial charge is 0.462 e. The minimum atomic E-state index is -0.497. The van der Waals surface area contributed by atoms with Crippen LogP contribution >= 0.6 is 0 Å². The number of hydrogen-bond donors (Lipinski definition) is 2. The molecule has 0 spiro atoms. The van der Waals surface area contributed by atoms with E-state index in [-0.39, 0.29) is 17.9 Å². The lowest BCUT2D eigenvalue weighted by molar-refractivity contribution is 0.0527. The molecule has 2 rings (SSSR count). The van der Waals surface area contributed by atoms with E-state index in [1.807, 2.05) is 0 Å². The highest BCUT2D eigenvalue weighted by molar-refractivity contribution is 6.07. The third kappa shape index (κ3) is 5.25. The molecule has 0 bridgehead atoms. The van der Waals surface area contributed by atoms with Crippen LogP contribution in [0.4, 0.5) is 11.6 Å². The topological polar surface area (TPSA) is 102 Å². The summed E-state index contributed by atoms with van der Waals surface area (Å²) < 4.78 is 9.93. The zero-order valence-electron chi connectivity index (χ0n) is 14.1. The summed E-state index contributed by atoms with van der Waals surface area (Å²) in [5.74, 6) is -0.625. The van der Waals surface area contributed by atoms with Crippen molar-refractivity contribution in [3.05, 3.63) is 47.8 Å². The second-order valence-electron chi connectivity index (χ2n) is 4.91. The van der Waals surface area contributed by atoms with Crippen LogP contribution in [-0.2, 0) is 9.47 Å². The Bertz CT molecular complexity index is 736. The summed E-state index contributed by atoms with van der Waals surface area (Å²) in [4.78, 5) is 32.6. The van der Waals surface area contributed by atoms with Gasteiger partial charge in [-0.15, -0.1) is 0 Å². The number of esters is 1. The van der Waals surface area contributed by atoms with Gasteiger partial charge in [-0.1, -0.05) is 12.1 Å². The number of para-hydroxylation sites is 1. The van der Waals surface area contributed by atoms with Crippen LogP contribution in [0.2, 0.25) is 0 Å². The molecule has 0 radical (unpaired) electrons. The quantitative estimate of drug-likeness (QED) is 0.557. The molecule has 0 atom stereocenters. The molecule has 1 aromatic carbocycles. The summed E-state index contributed by atoms with van der Waals surface area (Å²) in [7, 11) is 1.59. The first kappa shape index (κ1) is 18.3. The third-order valence-electron chi connectivity index (χ3n) is 3.15. The summed E-state index contributed by atoms with van der Waals surface area (Å²) in [5.41, 5.74) is 0.817. The highest BCUT2D eigenvalue weighted by atomic mass is 16.5.